The summed E-state index contributed by atoms with van der Waals surface area (Å²) in [6, 6.07) is 7.41. The van der Waals surface area contributed by atoms with Crippen LogP contribution in [-0.2, 0) is 9.59 Å². The van der Waals surface area contributed by atoms with Crippen LogP contribution in [0.1, 0.15) is 32.1 Å². The van der Waals surface area contributed by atoms with Gasteiger partial charge in [0.15, 0.2) is 0 Å². The van der Waals surface area contributed by atoms with Crippen molar-refractivity contribution in [3.63, 3.8) is 0 Å². The summed E-state index contributed by atoms with van der Waals surface area (Å²) in [5.74, 6) is -0.0411. The summed E-state index contributed by atoms with van der Waals surface area (Å²) in [6.07, 6.45) is 3.88. The first-order chi connectivity index (χ1) is 9.60. The number of nitrogens with two attached hydrogens (primary N) is 1. The molecular formula is C15H19N3O2. The maximum absolute atomic E-state index is 12.2. The third-order valence-electron chi connectivity index (χ3n) is 4.21. The molecule has 106 valence electrons. The molecule has 2 fully saturated rings. The molecule has 20 heavy (non-hydrogen) atoms. The molecule has 1 aromatic rings. The largest absolute Gasteiger partial charge is 0.323 e. The zero-order chi connectivity index (χ0) is 14.2. The van der Waals surface area contributed by atoms with Gasteiger partial charge in [0.05, 0.1) is 16.9 Å². The van der Waals surface area contributed by atoms with Gasteiger partial charge in [-0.3, -0.25) is 9.59 Å². The summed E-state index contributed by atoms with van der Waals surface area (Å²) in [7, 11) is 0. The minimum absolute atomic E-state index is 0.109. The van der Waals surface area contributed by atoms with E-state index in [0.717, 1.165) is 31.4 Å². The number of carbonyl (C=O) groups excluding carboxylic acids is 2. The van der Waals surface area contributed by atoms with E-state index in [0.29, 0.717) is 18.7 Å². The Bertz CT molecular complexity index is 552. The molecule has 0 atom stereocenters. The van der Waals surface area contributed by atoms with Crippen LogP contribution in [0.15, 0.2) is 24.3 Å². The summed E-state index contributed by atoms with van der Waals surface area (Å²) in [5, 5.41) is 2.89. The van der Waals surface area contributed by atoms with Gasteiger partial charge in [0.2, 0.25) is 11.8 Å². The molecule has 1 aliphatic heterocycles. The topological polar surface area (TPSA) is 75.4 Å². The van der Waals surface area contributed by atoms with Gasteiger partial charge in [-0.05, 0) is 37.8 Å². The zero-order valence-corrected chi connectivity index (χ0v) is 11.4. The van der Waals surface area contributed by atoms with E-state index in [1.165, 1.54) is 0 Å². The first-order valence-corrected chi connectivity index (χ1v) is 7.10. The second kappa shape index (κ2) is 4.90. The van der Waals surface area contributed by atoms with E-state index in [4.69, 9.17) is 5.73 Å². The van der Waals surface area contributed by atoms with Crippen LogP contribution >= 0.6 is 0 Å². The van der Waals surface area contributed by atoms with E-state index in [2.05, 4.69) is 5.32 Å². The van der Waals surface area contributed by atoms with Gasteiger partial charge < -0.3 is 16.0 Å². The lowest BCUT2D eigenvalue weighted by atomic mass is 9.77. The SMILES string of the molecule is NC1(C(=O)Nc2ccccc2N2CCCC2=O)CCC1. The van der Waals surface area contributed by atoms with E-state index in [1.54, 1.807) is 4.90 Å². The van der Waals surface area contributed by atoms with Gasteiger partial charge in [0.1, 0.15) is 0 Å². The molecule has 3 rings (SSSR count). The van der Waals surface area contributed by atoms with E-state index in [9.17, 15) is 9.59 Å². The number of rotatable bonds is 3. The number of nitrogens with zero attached hydrogens (tertiary/aromatic N) is 1. The average Bonchev–Trinajstić information content (AvgIpc) is 2.82. The van der Waals surface area contributed by atoms with Crippen molar-refractivity contribution in [2.75, 3.05) is 16.8 Å². The fourth-order valence-electron chi connectivity index (χ4n) is 2.75. The van der Waals surface area contributed by atoms with Crippen molar-refractivity contribution in [1.82, 2.24) is 0 Å². The van der Waals surface area contributed by atoms with Gasteiger partial charge in [-0.1, -0.05) is 12.1 Å². The van der Waals surface area contributed by atoms with Crippen molar-refractivity contribution in [3.05, 3.63) is 24.3 Å². The molecule has 3 N–H and O–H groups in total. The molecule has 0 radical (unpaired) electrons. The van der Waals surface area contributed by atoms with Crippen molar-refractivity contribution >= 4 is 23.2 Å². The Morgan fingerprint density at radius 2 is 2.00 bits per heavy atom. The van der Waals surface area contributed by atoms with Crippen molar-refractivity contribution < 1.29 is 9.59 Å². The van der Waals surface area contributed by atoms with E-state index >= 15 is 0 Å². The Labute approximate surface area is 118 Å². The van der Waals surface area contributed by atoms with Gasteiger partial charge in [0.25, 0.3) is 0 Å². The Hall–Kier alpha value is -1.88. The molecule has 2 amide bonds. The number of anilines is 2. The number of hydrogen-bond acceptors (Lipinski definition) is 3. The third-order valence-corrected chi connectivity index (χ3v) is 4.21. The third kappa shape index (κ3) is 2.18. The standard InChI is InChI=1S/C15H19N3O2/c16-15(8-4-9-15)14(20)17-11-5-1-2-6-12(11)18-10-3-7-13(18)19/h1-2,5-6H,3-4,7-10,16H2,(H,17,20). The zero-order valence-electron chi connectivity index (χ0n) is 11.4. The van der Waals surface area contributed by atoms with Gasteiger partial charge >= 0.3 is 0 Å². The highest BCUT2D eigenvalue weighted by atomic mass is 16.2. The summed E-state index contributed by atoms with van der Waals surface area (Å²) in [6.45, 7) is 0.708. The summed E-state index contributed by atoms with van der Waals surface area (Å²) < 4.78 is 0. The average molecular weight is 273 g/mol. The lowest BCUT2D eigenvalue weighted by molar-refractivity contribution is -0.124. The molecule has 0 spiro atoms. The van der Waals surface area contributed by atoms with Crippen molar-refractivity contribution in [2.24, 2.45) is 5.73 Å². The molecule has 1 heterocycles. The van der Waals surface area contributed by atoms with Crippen LogP contribution in [0.5, 0.6) is 0 Å². The first-order valence-electron chi connectivity index (χ1n) is 7.10. The summed E-state index contributed by atoms with van der Waals surface area (Å²) in [4.78, 5) is 25.8. The van der Waals surface area contributed by atoms with Crippen LogP contribution in [0.25, 0.3) is 0 Å². The normalized spacial score (nSPS) is 20.6. The molecule has 0 bridgehead atoms. The Kier molecular flexibility index (Phi) is 3.22. The number of carbonyl (C=O) groups is 2. The quantitative estimate of drug-likeness (QED) is 0.879. The highest BCUT2D eigenvalue weighted by Crippen LogP contribution is 2.33. The van der Waals surface area contributed by atoms with Gasteiger partial charge in [-0.2, -0.15) is 0 Å². The van der Waals surface area contributed by atoms with Crippen LogP contribution < -0.4 is 16.0 Å². The maximum Gasteiger partial charge on any atom is 0.244 e. The van der Waals surface area contributed by atoms with Gasteiger partial charge in [-0.15, -0.1) is 0 Å². The lowest BCUT2D eigenvalue weighted by Crippen LogP contribution is -2.56. The smallest absolute Gasteiger partial charge is 0.244 e. The monoisotopic (exact) mass is 273 g/mol. The first kappa shape index (κ1) is 13.1. The summed E-state index contributed by atoms with van der Waals surface area (Å²) in [5.41, 5.74) is 6.74. The Balaban J connectivity index is 1.83. The van der Waals surface area contributed by atoms with Gasteiger partial charge in [-0.25, -0.2) is 0 Å². The van der Waals surface area contributed by atoms with Crippen molar-refractivity contribution in [1.29, 1.82) is 0 Å². The number of para-hydroxylation sites is 2. The molecule has 5 nitrogen and oxygen atoms in total. The van der Waals surface area contributed by atoms with Crippen LogP contribution in [0.4, 0.5) is 11.4 Å². The molecule has 0 unspecified atom stereocenters. The number of hydrogen-bond donors (Lipinski definition) is 2. The summed E-state index contributed by atoms with van der Waals surface area (Å²) >= 11 is 0. The second-order valence-electron chi connectivity index (χ2n) is 5.63. The molecule has 1 saturated carbocycles. The van der Waals surface area contributed by atoms with E-state index < -0.39 is 5.54 Å². The molecular weight excluding hydrogens is 254 g/mol. The number of amides is 2. The number of nitrogens with one attached hydrogen (secondary N) is 1. The predicted octanol–water partition coefficient (Wildman–Crippen LogP) is 1.63. The maximum atomic E-state index is 12.2. The van der Waals surface area contributed by atoms with Gasteiger partial charge in [0, 0.05) is 13.0 Å². The molecule has 1 aliphatic carbocycles. The van der Waals surface area contributed by atoms with E-state index in [-0.39, 0.29) is 11.8 Å². The minimum Gasteiger partial charge on any atom is -0.323 e. The Morgan fingerprint density at radius 3 is 2.60 bits per heavy atom. The highest BCUT2D eigenvalue weighted by molar-refractivity contribution is 6.04. The van der Waals surface area contributed by atoms with Crippen LogP contribution in [0, 0.1) is 0 Å². The van der Waals surface area contributed by atoms with Crippen LogP contribution in [0.3, 0.4) is 0 Å². The van der Waals surface area contributed by atoms with E-state index in [1.807, 2.05) is 24.3 Å². The fourth-order valence-corrected chi connectivity index (χ4v) is 2.75. The highest BCUT2D eigenvalue weighted by Gasteiger charge is 2.40. The minimum atomic E-state index is -0.734. The number of benzene rings is 1. The molecule has 0 aromatic heterocycles. The fraction of sp³-hybridized carbons (Fsp3) is 0.467. The molecule has 5 heteroatoms. The molecule has 1 aromatic carbocycles. The lowest BCUT2D eigenvalue weighted by Gasteiger charge is -2.36. The molecule has 1 saturated heterocycles. The van der Waals surface area contributed by atoms with Crippen molar-refractivity contribution in [3.8, 4) is 0 Å². The predicted molar refractivity (Wildman–Crippen MR) is 77.4 cm³/mol. The Morgan fingerprint density at radius 1 is 1.25 bits per heavy atom. The van der Waals surface area contributed by atoms with Crippen molar-refractivity contribution in [2.45, 2.75) is 37.6 Å². The van der Waals surface area contributed by atoms with Crippen LogP contribution in [0.2, 0.25) is 0 Å². The second-order valence-corrected chi connectivity index (χ2v) is 5.63. The van der Waals surface area contributed by atoms with Crippen LogP contribution in [-0.4, -0.2) is 23.9 Å². The molecule has 2 aliphatic rings.